The number of hydrogen-bond donors (Lipinski definition) is 0. The summed E-state index contributed by atoms with van der Waals surface area (Å²) in [4.78, 5) is 0. The van der Waals surface area contributed by atoms with Gasteiger partial charge in [0.1, 0.15) is 0 Å². The molecule has 0 nitrogen and oxygen atoms in total. The van der Waals surface area contributed by atoms with Crippen molar-refractivity contribution < 1.29 is 0 Å². The van der Waals surface area contributed by atoms with Gasteiger partial charge in [0, 0.05) is 0 Å². The van der Waals surface area contributed by atoms with Crippen LogP contribution in [-0.2, 0) is 0 Å². The molecule has 1 fully saturated rings. The third-order valence-corrected chi connectivity index (χ3v) is 4.64. The van der Waals surface area contributed by atoms with E-state index in [-0.39, 0.29) is 0 Å². The molecule has 2 rings (SSSR count). The lowest BCUT2D eigenvalue weighted by Crippen LogP contribution is -2.05. The second-order valence-corrected chi connectivity index (χ2v) is 6.55. The van der Waals surface area contributed by atoms with Crippen molar-refractivity contribution in [2.24, 2.45) is 11.8 Å². The van der Waals surface area contributed by atoms with Crippen molar-refractivity contribution in [2.75, 3.05) is 0 Å². The van der Waals surface area contributed by atoms with Gasteiger partial charge in [-0.2, -0.15) is 0 Å². The summed E-state index contributed by atoms with van der Waals surface area (Å²) in [6, 6.07) is 0. The maximum atomic E-state index is 3.98. The minimum Gasteiger partial charge on any atom is -0.0999 e. The van der Waals surface area contributed by atoms with E-state index in [2.05, 4.69) is 40.0 Å². The Hall–Kier alpha value is -0.780. The van der Waals surface area contributed by atoms with Crippen LogP contribution in [0.4, 0.5) is 0 Å². The standard InChI is InChI=1S/C10H16.C9H16/c1-8(2)10-6-4-9(3)5-7-10;1-8(2)9-6-4-3-5-7-9/h4,10H,1,5-7H2,2-3H3;9H,1,3-7H2,2H3. The lowest BCUT2D eigenvalue weighted by atomic mass is 9.85. The number of rotatable bonds is 2. The monoisotopic (exact) mass is 260 g/mol. The van der Waals surface area contributed by atoms with E-state index in [1.165, 1.54) is 62.5 Å². The zero-order chi connectivity index (χ0) is 14.3. The van der Waals surface area contributed by atoms with Crippen LogP contribution in [0.1, 0.15) is 72.1 Å². The molecule has 0 spiro atoms. The Morgan fingerprint density at radius 3 is 1.89 bits per heavy atom. The molecular formula is C19H32. The summed E-state index contributed by atoms with van der Waals surface area (Å²) in [5, 5.41) is 0. The molecule has 0 aliphatic heterocycles. The third kappa shape index (κ3) is 6.27. The van der Waals surface area contributed by atoms with Crippen molar-refractivity contribution in [3.8, 4) is 0 Å². The van der Waals surface area contributed by atoms with Crippen LogP contribution in [0.15, 0.2) is 36.0 Å². The lowest BCUT2D eigenvalue weighted by Gasteiger charge is -2.21. The molecule has 0 heteroatoms. The van der Waals surface area contributed by atoms with Crippen molar-refractivity contribution in [3.05, 3.63) is 36.0 Å². The molecule has 2 aliphatic carbocycles. The fraction of sp³-hybridized carbons (Fsp3) is 0.684. The van der Waals surface area contributed by atoms with Crippen LogP contribution >= 0.6 is 0 Å². The highest BCUT2D eigenvalue weighted by Gasteiger charge is 2.13. The summed E-state index contributed by atoms with van der Waals surface area (Å²) in [5.41, 5.74) is 4.30. The van der Waals surface area contributed by atoms with Gasteiger partial charge in [-0.25, -0.2) is 0 Å². The predicted molar refractivity (Wildman–Crippen MR) is 87.3 cm³/mol. The highest BCUT2D eigenvalue weighted by Crippen LogP contribution is 2.28. The summed E-state index contributed by atoms with van der Waals surface area (Å²) >= 11 is 0. The van der Waals surface area contributed by atoms with E-state index in [4.69, 9.17) is 0 Å². The fourth-order valence-electron chi connectivity index (χ4n) is 3.01. The van der Waals surface area contributed by atoms with E-state index in [0.717, 1.165) is 11.8 Å². The average Bonchev–Trinajstić information content (AvgIpc) is 2.41. The number of hydrogen-bond acceptors (Lipinski definition) is 0. The minimum atomic E-state index is 0.767. The Balaban J connectivity index is 0.000000191. The number of allylic oxidation sites excluding steroid dienone is 4. The highest BCUT2D eigenvalue weighted by atomic mass is 14.2. The molecule has 19 heavy (non-hydrogen) atoms. The third-order valence-electron chi connectivity index (χ3n) is 4.64. The van der Waals surface area contributed by atoms with E-state index in [1.54, 1.807) is 5.57 Å². The van der Waals surface area contributed by atoms with E-state index in [1.807, 2.05) is 0 Å². The molecule has 1 unspecified atom stereocenters. The second kappa shape index (κ2) is 8.40. The van der Waals surface area contributed by atoms with Gasteiger partial charge in [0.05, 0.1) is 0 Å². The zero-order valence-corrected chi connectivity index (χ0v) is 13.3. The maximum absolute atomic E-state index is 3.98. The van der Waals surface area contributed by atoms with Gasteiger partial charge in [-0.3, -0.25) is 0 Å². The largest absolute Gasteiger partial charge is 0.0999 e. The molecule has 0 heterocycles. The van der Waals surface area contributed by atoms with Crippen molar-refractivity contribution in [2.45, 2.75) is 72.1 Å². The lowest BCUT2D eigenvalue weighted by molar-refractivity contribution is 0.404. The smallest absolute Gasteiger partial charge is 0.0171 e. The molecule has 0 radical (unpaired) electrons. The average molecular weight is 260 g/mol. The van der Waals surface area contributed by atoms with Gasteiger partial charge in [0.2, 0.25) is 0 Å². The summed E-state index contributed by atoms with van der Waals surface area (Å²) in [7, 11) is 0. The Labute approximate surface area is 120 Å². The summed E-state index contributed by atoms with van der Waals surface area (Å²) in [5.74, 6) is 1.63. The van der Waals surface area contributed by atoms with Gasteiger partial charge in [0.15, 0.2) is 0 Å². The van der Waals surface area contributed by atoms with Crippen LogP contribution in [-0.4, -0.2) is 0 Å². The predicted octanol–water partition coefficient (Wildman–Crippen LogP) is 6.45. The van der Waals surface area contributed by atoms with Gasteiger partial charge in [-0.1, -0.05) is 55.2 Å². The van der Waals surface area contributed by atoms with Crippen LogP contribution in [0.5, 0.6) is 0 Å². The van der Waals surface area contributed by atoms with E-state index < -0.39 is 0 Å². The molecule has 0 amide bonds. The van der Waals surface area contributed by atoms with Crippen LogP contribution in [0.25, 0.3) is 0 Å². The first-order valence-electron chi connectivity index (χ1n) is 7.97. The van der Waals surface area contributed by atoms with Crippen LogP contribution in [0.2, 0.25) is 0 Å². The Bertz CT molecular complexity index is 326. The van der Waals surface area contributed by atoms with Crippen LogP contribution in [0, 0.1) is 11.8 Å². The minimum absolute atomic E-state index is 0.767. The molecule has 108 valence electrons. The Kier molecular flexibility index (Phi) is 7.20. The van der Waals surface area contributed by atoms with Crippen LogP contribution < -0.4 is 0 Å². The van der Waals surface area contributed by atoms with Gasteiger partial charge in [-0.15, -0.1) is 0 Å². The van der Waals surface area contributed by atoms with E-state index in [0.29, 0.717) is 0 Å². The zero-order valence-electron chi connectivity index (χ0n) is 13.3. The molecule has 0 saturated heterocycles. The first kappa shape index (κ1) is 16.3. The molecule has 0 aromatic rings. The highest BCUT2D eigenvalue weighted by molar-refractivity contribution is 5.09. The van der Waals surface area contributed by atoms with E-state index in [9.17, 15) is 0 Å². The molecule has 1 saturated carbocycles. The summed E-state index contributed by atoms with van der Waals surface area (Å²) in [6.07, 6.45) is 13.3. The fourth-order valence-corrected chi connectivity index (χ4v) is 3.01. The van der Waals surface area contributed by atoms with Gasteiger partial charge in [-0.05, 0) is 64.7 Å². The molecule has 0 N–H and O–H groups in total. The topological polar surface area (TPSA) is 0 Å². The Morgan fingerprint density at radius 2 is 1.53 bits per heavy atom. The first-order chi connectivity index (χ1) is 9.00. The SMILES string of the molecule is C=C(C)C1CC=C(C)CC1.C=C(C)C1CCCCC1. The first-order valence-corrected chi connectivity index (χ1v) is 7.97. The van der Waals surface area contributed by atoms with Crippen molar-refractivity contribution >= 4 is 0 Å². The maximum Gasteiger partial charge on any atom is -0.0171 e. The van der Waals surface area contributed by atoms with Crippen LogP contribution in [0.3, 0.4) is 0 Å². The van der Waals surface area contributed by atoms with Gasteiger partial charge in [0.25, 0.3) is 0 Å². The van der Waals surface area contributed by atoms with Gasteiger partial charge >= 0.3 is 0 Å². The Morgan fingerprint density at radius 1 is 0.947 bits per heavy atom. The molecule has 2 aliphatic rings. The van der Waals surface area contributed by atoms with Crippen molar-refractivity contribution in [1.29, 1.82) is 0 Å². The molecule has 0 bridgehead atoms. The summed E-state index contributed by atoms with van der Waals surface area (Å²) in [6.45, 7) is 14.5. The molecule has 0 aromatic carbocycles. The quantitative estimate of drug-likeness (QED) is 0.500. The van der Waals surface area contributed by atoms with Crippen molar-refractivity contribution in [3.63, 3.8) is 0 Å². The molecular weight excluding hydrogens is 228 g/mol. The van der Waals surface area contributed by atoms with Gasteiger partial charge < -0.3 is 0 Å². The second-order valence-electron chi connectivity index (χ2n) is 6.55. The molecule has 1 atom stereocenters. The van der Waals surface area contributed by atoms with Crippen molar-refractivity contribution in [1.82, 2.24) is 0 Å². The summed E-state index contributed by atoms with van der Waals surface area (Å²) < 4.78 is 0. The molecule has 0 aromatic heterocycles. The van der Waals surface area contributed by atoms with E-state index >= 15 is 0 Å². The normalized spacial score (nSPS) is 23.9.